The van der Waals surface area contributed by atoms with Crippen LogP contribution in [0.4, 0.5) is 4.39 Å². The van der Waals surface area contributed by atoms with E-state index in [1.54, 1.807) is 29.4 Å². The van der Waals surface area contributed by atoms with Crippen molar-refractivity contribution in [2.45, 2.75) is 70.1 Å². The lowest BCUT2D eigenvalue weighted by atomic mass is 9.64. The van der Waals surface area contributed by atoms with Crippen LogP contribution in [0.15, 0.2) is 16.9 Å². The fourth-order valence-electron chi connectivity index (χ4n) is 7.63. The highest BCUT2D eigenvalue weighted by Gasteiger charge is 2.48. The van der Waals surface area contributed by atoms with Gasteiger partial charge in [-0.1, -0.05) is 6.92 Å². The fourth-order valence-corrected chi connectivity index (χ4v) is 7.63. The van der Waals surface area contributed by atoms with Gasteiger partial charge in [-0.2, -0.15) is 0 Å². The second-order valence-electron chi connectivity index (χ2n) is 11.6. The van der Waals surface area contributed by atoms with Gasteiger partial charge in [0.1, 0.15) is 19.0 Å². The van der Waals surface area contributed by atoms with Gasteiger partial charge in [0.15, 0.2) is 5.60 Å². The number of aromatic nitrogens is 2. The topological polar surface area (TPSA) is 122 Å². The van der Waals surface area contributed by atoms with E-state index in [1.807, 2.05) is 0 Å². The van der Waals surface area contributed by atoms with Crippen molar-refractivity contribution in [3.8, 4) is 11.4 Å². The van der Waals surface area contributed by atoms with Gasteiger partial charge in [-0.05, 0) is 61.8 Å². The van der Waals surface area contributed by atoms with E-state index in [-0.39, 0.29) is 48.0 Å². The first-order chi connectivity index (χ1) is 19.1. The molecule has 1 saturated heterocycles. The van der Waals surface area contributed by atoms with Crippen LogP contribution < -0.4 is 5.56 Å². The number of aryl methyl sites for hydroxylation is 1. The molecular weight excluding hydrogens is 517 g/mol. The van der Waals surface area contributed by atoms with Crippen molar-refractivity contribution in [1.82, 2.24) is 14.5 Å². The van der Waals surface area contributed by atoms with Gasteiger partial charge in [0.05, 0.1) is 29.0 Å². The molecule has 4 aliphatic rings. The molecule has 208 valence electrons. The summed E-state index contributed by atoms with van der Waals surface area (Å²) in [5.74, 6) is -1.46. The molecule has 7 rings (SSSR count). The second-order valence-corrected chi connectivity index (χ2v) is 11.6. The number of likely N-dealkylation sites (tertiary alicyclic amines) is 1. The smallest absolute Gasteiger partial charge is 0.343 e. The first kappa shape index (κ1) is 25.3. The molecule has 3 aromatic rings. The summed E-state index contributed by atoms with van der Waals surface area (Å²) in [6.45, 7) is 3.87. The van der Waals surface area contributed by atoms with Gasteiger partial charge in [0, 0.05) is 41.1 Å². The average Bonchev–Trinajstić information content (AvgIpc) is 3.32. The summed E-state index contributed by atoms with van der Waals surface area (Å²) in [5.41, 5.74) is 2.55. The highest BCUT2D eigenvalue weighted by atomic mass is 19.1. The normalized spacial score (nSPS) is 24.6. The van der Waals surface area contributed by atoms with Crippen LogP contribution in [0.2, 0.25) is 0 Å². The fraction of sp³-hybridized carbons (Fsp3) is 0.467. The zero-order chi connectivity index (χ0) is 28.1. The van der Waals surface area contributed by atoms with E-state index in [9.17, 15) is 24.6 Å². The number of esters is 1. The summed E-state index contributed by atoms with van der Waals surface area (Å²) in [7, 11) is 0. The minimum Gasteiger partial charge on any atom is -0.458 e. The zero-order valence-electron chi connectivity index (χ0n) is 22.5. The summed E-state index contributed by atoms with van der Waals surface area (Å²) in [4.78, 5) is 45.6. The number of aliphatic hydroxyl groups excluding tert-OH is 1. The number of hydrogen-bond donors (Lipinski definition) is 2. The number of fused-ring (bicyclic) bond motifs is 6. The minimum atomic E-state index is -1.94. The molecule has 0 unspecified atom stereocenters. The Labute approximate surface area is 229 Å². The third kappa shape index (κ3) is 3.14. The van der Waals surface area contributed by atoms with Crippen LogP contribution in [0, 0.1) is 12.7 Å². The largest absolute Gasteiger partial charge is 0.458 e. The molecule has 2 atom stereocenters. The van der Waals surface area contributed by atoms with Crippen molar-refractivity contribution in [3.05, 3.63) is 61.7 Å². The van der Waals surface area contributed by atoms with Gasteiger partial charge >= 0.3 is 5.97 Å². The molecule has 1 aliphatic carbocycles. The first-order valence-electron chi connectivity index (χ1n) is 13.8. The van der Waals surface area contributed by atoms with E-state index in [4.69, 9.17) is 9.72 Å². The molecule has 0 saturated carbocycles. The lowest BCUT2D eigenvalue weighted by molar-refractivity contribution is -0.172. The maximum Gasteiger partial charge on any atom is 0.343 e. The molecule has 10 heteroatoms. The highest BCUT2D eigenvalue weighted by molar-refractivity contribution is 5.94. The number of nitrogens with zero attached hydrogens (tertiary/aromatic N) is 3. The molecular formula is C30H30FN3O6. The average molecular weight is 548 g/mol. The number of pyridine rings is 2. The Morgan fingerprint density at radius 2 is 2.00 bits per heavy atom. The molecule has 5 heterocycles. The van der Waals surface area contributed by atoms with Gasteiger partial charge in [-0.25, -0.2) is 14.2 Å². The van der Waals surface area contributed by atoms with Crippen molar-refractivity contribution in [1.29, 1.82) is 0 Å². The van der Waals surface area contributed by atoms with Gasteiger partial charge in [-0.3, -0.25) is 9.59 Å². The SMILES string of the molecule is CC[C@@]1(O)C(=O)OCc2c1cc1n(c2=O)Cc2c-1nc1cc(F)c(C)c3c1c2[C@]1(CCCN(C(=O)CO)C1)CC3. The van der Waals surface area contributed by atoms with Crippen LogP contribution >= 0.6 is 0 Å². The van der Waals surface area contributed by atoms with Crippen LogP contribution in [-0.2, 0) is 44.9 Å². The molecule has 2 aromatic heterocycles. The highest BCUT2D eigenvalue weighted by Crippen LogP contribution is 2.51. The standard InChI is InChI=1S/C30H30FN3O6/c1-3-30(39)19-9-22-26-17(11-34(22)27(37)18(19)13-40-28(30)38)25-24-16(15(2)20(31)10-21(24)32-26)5-7-29(25)6-4-8-33(14-29)23(36)12-35/h9-10,35,39H,3-8,11-14H2,1-2H3/t29-,30+/m1/s1. The quantitative estimate of drug-likeness (QED) is 0.370. The van der Waals surface area contributed by atoms with Gasteiger partial charge in [-0.15, -0.1) is 0 Å². The van der Waals surface area contributed by atoms with Crippen molar-refractivity contribution in [3.63, 3.8) is 0 Å². The van der Waals surface area contributed by atoms with Crippen LogP contribution in [0.1, 0.15) is 66.0 Å². The number of ether oxygens (including phenoxy) is 1. The Hall–Kier alpha value is -3.63. The van der Waals surface area contributed by atoms with Gasteiger partial charge < -0.3 is 24.4 Å². The maximum atomic E-state index is 15.2. The summed E-state index contributed by atoms with van der Waals surface area (Å²) < 4.78 is 22.0. The molecule has 1 spiro atoms. The summed E-state index contributed by atoms with van der Waals surface area (Å²) in [6.07, 6.45) is 2.94. The zero-order valence-corrected chi connectivity index (χ0v) is 22.5. The molecule has 0 bridgehead atoms. The number of aliphatic hydroxyl groups is 2. The number of piperidine rings is 1. The van der Waals surface area contributed by atoms with E-state index in [0.717, 1.165) is 34.9 Å². The second kappa shape index (κ2) is 8.44. The number of carbonyl (C=O) groups is 2. The monoisotopic (exact) mass is 547 g/mol. The van der Waals surface area contributed by atoms with Gasteiger partial charge in [0.25, 0.3) is 5.56 Å². The lowest BCUT2D eigenvalue weighted by Gasteiger charge is -2.47. The van der Waals surface area contributed by atoms with E-state index in [2.05, 4.69) is 0 Å². The van der Waals surface area contributed by atoms with Crippen molar-refractivity contribution in [2.24, 2.45) is 0 Å². The van der Waals surface area contributed by atoms with Crippen molar-refractivity contribution < 1.29 is 28.9 Å². The third-order valence-electron chi connectivity index (χ3n) is 9.75. The number of benzene rings is 1. The summed E-state index contributed by atoms with van der Waals surface area (Å²) in [6, 6.07) is 3.11. The van der Waals surface area contributed by atoms with Crippen LogP contribution in [0.3, 0.4) is 0 Å². The summed E-state index contributed by atoms with van der Waals surface area (Å²) >= 11 is 0. The Kier molecular flexibility index (Phi) is 5.35. The Morgan fingerprint density at radius 1 is 1.20 bits per heavy atom. The first-order valence-corrected chi connectivity index (χ1v) is 13.8. The molecule has 1 fully saturated rings. The minimum absolute atomic E-state index is 0.0384. The molecule has 0 radical (unpaired) electrons. The number of cyclic esters (lactones) is 1. The number of rotatable bonds is 2. The van der Waals surface area contributed by atoms with Gasteiger partial charge in [0.2, 0.25) is 5.91 Å². The predicted octanol–water partition coefficient (Wildman–Crippen LogP) is 2.33. The molecule has 9 nitrogen and oxygen atoms in total. The van der Waals surface area contributed by atoms with E-state index >= 15 is 4.39 Å². The molecule has 1 aromatic carbocycles. The number of carbonyl (C=O) groups excluding carboxylic acids is 2. The number of amides is 1. The number of hydrogen-bond acceptors (Lipinski definition) is 7. The Balaban J connectivity index is 1.53. The molecule has 2 N–H and O–H groups in total. The van der Waals surface area contributed by atoms with E-state index < -0.39 is 23.6 Å². The third-order valence-corrected chi connectivity index (χ3v) is 9.75. The molecule has 3 aliphatic heterocycles. The Morgan fingerprint density at radius 3 is 2.75 bits per heavy atom. The Bertz CT molecular complexity index is 1730. The van der Waals surface area contributed by atoms with Crippen molar-refractivity contribution >= 4 is 22.8 Å². The van der Waals surface area contributed by atoms with Crippen LogP contribution in [0.25, 0.3) is 22.3 Å². The molecule has 40 heavy (non-hydrogen) atoms. The van der Waals surface area contributed by atoms with Crippen molar-refractivity contribution in [2.75, 3.05) is 19.7 Å². The van der Waals surface area contributed by atoms with Crippen LogP contribution in [0.5, 0.6) is 0 Å². The molecule has 1 amide bonds. The predicted molar refractivity (Wildman–Crippen MR) is 142 cm³/mol. The maximum absolute atomic E-state index is 15.2. The van der Waals surface area contributed by atoms with Crippen LogP contribution in [-0.4, -0.2) is 56.2 Å². The lowest BCUT2D eigenvalue weighted by Crippen LogP contribution is -2.51. The summed E-state index contributed by atoms with van der Waals surface area (Å²) in [5, 5.41) is 21.7. The number of halogens is 1. The van der Waals surface area contributed by atoms with E-state index in [1.165, 1.54) is 6.07 Å². The van der Waals surface area contributed by atoms with E-state index in [0.29, 0.717) is 48.4 Å².